The van der Waals surface area contributed by atoms with Crippen LogP contribution in [-0.4, -0.2) is 18.4 Å². The smallest absolute Gasteiger partial charge is 0.227 e. The van der Waals surface area contributed by atoms with Crippen molar-refractivity contribution in [2.45, 2.75) is 38.1 Å². The molecule has 1 saturated carbocycles. The van der Waals surface area contributed by atoms with Crippen LogP contribution in [0.2, 0.25) is 0 Å². The van der Waals surface area contributed by atoms with Crippen molar-refractivity contribution in [1.82, 2.24) is 5.32 Å². The molecule has 3 atom stereocenters. The minimum atomic E-state index is -0.0944. The van der Waals surface area contributed by atoms with E-state index in [1.54, 1.807) is 6.26 Å². The molecular weight excluding hydrogens is 316 g/mol. The van der Waals surface area contributed by atoms with E-state index in [-0.39, 0.29) is 29.7 Å². The SMILES string of the molecule is C[C@H](NC(=O)[C@H]1C[C@H]1c1ccco1)c1cccc(N2CCCC2=O)c1. The Balaban J connectivity index is 1.40. The first kappa shape index (κ1) is 15.9. The van der Waals surface area contributed by atoms with Crippen molar-refractivity contribution in [1.29, 1.82) is 0 Å². The van der Waals surface area contributed by atoms with E-state index < -0.39 is 0 Å². The largest absolute Gasteiger partial charge is 0.469 e. The topological polar surface area (TPSA) is 62.6 Å². The summed E-state index contributed by atoms with van der Waals surface area (Å²) in [5, 5.41) is 3.10. The summed E-state index contributed by atoms with van der Waals surface area (Å²) in [5.41, 5.74) is 1.93. The van der Waals surface area contributed by atoms with Crippen LogP contribution in [0.3, 0.4) is 0 Å². The van der Waals surface area contributed by atoms with Crippen molar-refractivity contribution < 1.29 is 14.0 Å². The zero-order valence-electron chi connectivity index (χ0n) is 14.3. The van der Waals surface area contributed by atoms with Crippen LogP contribution < -0.4 is 10.2 Å². The van der Waals surface area contributed by atoms with Crippen molar-refractivity contribution in [3.63, 3.8) is 0 Å². The highest BCUT2D eigenvalue weighted by Gasteiger charge is 2.46. The fourth-order valence-corrected chi connectivity index (χ4v) is 3.59. The van der Waals surface area contributed by atoms with Gasteiger partial charge in [0.15, 0.2) is 0 Å². The van der Waals surface area contributed by atoms with E-state index in [0.717, 1.165) is 36.4 Å². The molecule has 2 fully saturated rings. The Bertz CT molecular complexity index is 784. The number of carbonyl (C=O) groups is 2. The molecule has 4 rings (SSSR count). The maximum atomic E-state index is 12.5. The summed E-state index contributed by atoms with van der Waals surface area (Å²) in [6.07, 6.45) is 4.02. The van der Waals surface area contributed by atoms with E-state index in [4.69, 9.17) is 4.42 Å². The molecule has 25 heavy (non-hydrogen) atoms. The summed E-state index contributed by atoms with van der Waals surface area (Å²) in [5.74, 6) is 1.33. The number of carbonyl (C=O) groups excluding carboxylic acids is 2. The molecule has 0 unspecified atom stereocenters. The van der Waals surface area contributed by atoms with E-state index in [1.807, 2.05) is 48.2 Å². The molecule has 1 saturated heterocycles. The first-order valence-corrected chi connectivity index (χ1v) is 8.87. The summed E-state index contributed by atoms with van der Waals surface area (Å²) < 4.78 is 5.39. The number of benzene rings is 1. The molecule has 5 nitrogen and oxygen atoms in total. The quantitative estimate of drug-likeness (QED) is 0.909. The molecule has 1 aliphatic heterocycles. The molecule has 2 aliphatic rings. The lowest BCUT2D eigenvalue weighted by atomic mass is 10.1. The lowest BCUT2D eigenvalue weighted by Gasteiger charge is -2.19. The summed E-state index contributed by atoms with van der Waals surface area (Å²) >= 11 is 0. The predicted octanol–water partition coefficient (Wildman–Crippen LogP) is 3.39. The van der Waals surface area contributed by atoms with Gasteiger partial charge in [-0.2, -0.15) is 0 Å². The molecule has 1 aromatic heterocycles. The van der Waals surface area contributed by atoms with Crippen LogP contribution in [0.4, 0.5) is 5.69 Å². The summed E-state index contributed by atoms with van der Waals surface area (Å²) in [7, 11) is 0. The van der Waals surface area contributed by atoms with Crippen LogP contribution >= 0.6 is 0 Å². The van der Waals surface area contributed by atoms with Gasteiger partial charge < -0.3 is 14.6 Å². The van der Waals surface area contributed by atoms with Gasteiger partial charge in [0.1, 0.15) is 5.76 Å². The second-order valence-corrected chi connectivity index (χ2v) is 6.94. The Morgan fingerprint density at radius 3 is 2.92 bits per heavy atom. The number of nitrogens with zero attached hydrogens (tertiary/aromatic N) is 1. The van der Waals surface area contributed by atoms with Crippen molar-refractivity contribution in [3.8, 4) is 0 Å². The zero-order chi connectivity index (χ0) is 17.4. The van der Waals surface area contributed by atoms with E-state index in [2.05, 4.69) is 5.32 Å². The second kappa shape index (κ2) is 6.39. The monoisotopic (exact) mass is 338 g/mol. The van der Waals surface area contributed by atoms with Gasteiger partial charge in [0.2, 0.25) is 11.8 Å². The van der Waals surface area contributed by atoms with Gasteiger partial charge in [0.05, 0.1) is 12.3 Å². The normalized spacial score (nSPS) is 23.6. The highest BCUT2D eigenvalue weighted by atomic mass is 16.3. The van der Waals surface area contributed by atoms with Crippen LogP contribution in [0.15, 0.2) is 47.1 Å². The fourth-order valence-electron chi connectivity index (χ4n) is 3.59. The number of anilines is 1. The van der Waals surface area contributed by atoms with Crippen molar-refractivity contribution in [2.24, 2.45) is 5.92 Å². The van der Waals surface area contributed by atoms with Gasteiger partial charge in [-0.05, 0) is 49.6 Å². The molecule has 0 spiro atoms. The minimum absolute atomic E-state index is 0.00283. The van der Waals surface area contributed by atoms with E-state index >= 15 is 0 Å². The van der Waals surface area contributed by atoms with Crippen molar-refractivity contribution in [2.75, 3.05) is 11.4 Å². The molecule has 0 bridgehead atoms. The Labute approximate surface area is 147 Å². The molecule has 1 aliphatic carbocycles. The molecule has 2 amide bonds. The molecule has 2 aromatic rings. The average molecular weight is 338 g/mol. The van der Waals surface area contributed by atoms with Crippen molar-refractivity contribution in [3.05, 3.63) is 54.0 Å². The summed E-state index contributed by atoms with van der Waals surface area (Å²) in [6.45, 7) is 2.75. The van der Waals surface area contributed by atoms with E-state index in [9.17, 15) is 9.59 Å². The average Bonchev–Trinajstić information content (AvgIpc) is 3.02. The van der Waals surface area contributed by atoms with Crippen LogP contribution in [0.1, 0.15) is 49.5 Å². The third-order valence-electron chi connectivity index (χ3n) is 5.15. The highest BCUT2D eigenvalue weighted by Crippen LogP contribution is 2.47. The maximum absolute atomic E-state index is 12.5. The zero-order valence-corrected chi connectivity index (χ0v) is 14.3. The number of nitrogens with one attached hydrogen (secondary N) is 1. The van der Waals surface area contributed by atoms with Crippen LogP contribution in [0.25, 0.3) is 0 Å². The van der Waals surface area contributed by atoms with E-state index in [0.29, 0.717) is 6.42 Å². The molecule has 2 heterocycles. The third kappa shape index (κ3) is 3.18. The predicted molar refractivity (Wildman–Crippen MR) is 94.1 cm³/mol. The van der Waals surface area contributed by atoms with Gasteiger partial charge in [-0.15, -0.1) is 0 Å². The molecule has 1 N–H and O–H groups in total. The van der Waals surface area contributed by atoms with Gasteiger partial charge in [-0.3, -0.25) is 9.59 Å². The maximum Gasteiger partial charge on any atom is 0.227 e. The minimum Gasteiger partial charge on any atom is -0.469 e. The standard InChI is InChI=1S/C20H22N2O3/c1-13(21-20(24)17-12-16(17)18-7-4-10-25-18)14-5-2-6-15(11-14)22-9-3-8-19(22)23/h2,4-7,10-11,13,16-17H,3,8-9,12H2,1H3,(H,21,24)/t13-,16+,17-/m0/s1. The van der Waals surface area contributed by atoms with Gasteiger partial charge in [0, 0.05) is 30.5 Å². The first-order chi connectivity index (χ1) is 12.1. The van der Waals surface area contributed by atoms with Crippen LogP contribution in [-0.2, 0) is 9.59 Å². The fraction of sp³-hybridized carbons (Fsp3) is 0.400. The number of hydrogen-bond acceptors (Lipinski definition) is 3. The van der Waals surface area contributed by atoms with E-state index in [1.165, 1.54) is 0 Å². The molecule has 5 heteroatoms. The second-order valence-electron chi connectivity index (χ2n) is 6.94. The number of rotatable bonds is 5. The van der Waals surface area contributed by atoms with Crippen molar-refractivity contribution >= 4 is 17.5 Å². The molecular formula is C20H22N2O3. The highest BCUT2D eigenvalue weighted by molar-refractivity contribution is 5.95. The summed E-state index contributed by atoms with van der Waals surface area (Å²) in [6, 6.07) is 11.6. The van der Waals surface area contributed by atoms with Crippen LogP contribution in [0, 0.1) is 5.92 Å². The Morgan fingerprint density at radius 2 is 2.20 bits per heavy atom. The molecule has 0 radical (unpaired) electrons. The number of amides is 2. The summed E-state index contributed by atoms with van der Waals surface area (Å²) in [4.78, 5) is 26.2. The lowest BCUT2D eigenvalue weighted by Crippen LogP contribution is -2.29. The van der Waals surface area contributed by atoms with Crippen LogP contribution in [0.5, 0.6) is 0 Å². The van der Waals surface area contributed by atoms with Gasteiger partial charge in [-0.25, -0.2) is 0 Å². The molecule has 1 aromatic carbocycles. The van der Waals surface area contributed by atoms with Gasteiger partial charge in [-0.1, -0.05) is 12.1 Å². The Morgan fingerprint density at radius 1 is 1.32 bits per heavy atom. The molecule has 130 valence electrons. The Kier molecular flexibility index (Phi) is 4.07. The lowest BCUT2D eigenvalue weighted by molar-refractivity contribution is -0.123. The first-order valence-electron chi connectivity index (χ1n) is 8.87. The van der Waals surface area contributed by atoms with Gasteiger partial charge >= 0.3 is 0 Å². The van der Waals surface area contributed by atoms with Gasteiger partial charge in [0.25, 0.3) is 0 Å². The third-order valence-corrected chi connectivity index (χ3v) is 5.15. The number of hydrogen-bond donors (Lipinski definition) is 1. The number of furan rings is 1. The Hall–Kier alpha value is -2.56.